The monoisotopic (exact) mass is 384 g/mol. The highest BCUT2D eigenvalue weighted by Crippen LogP contribution is 2.51. The van der Waals surface area contributed by atoms with E-state index in [1.54, 1.807) is 6.07 Å². The van der Waals surface area contributed by atoms with Gasteiger partial charge in [0.25, 0.3) is 0 Å². The molecule has 0 aromatic heterocycles. The molecule has 0 saturated heterocycles. The lowest BCUT2D eigenvalue weighted by atomic mass is 9.91. The summed E-state index contributed by atoms with van der Waals surface area (Å²) in [5.41, 5.74) is 0.892. The third-order valence-electron chi connectivity index (χ3n) is 5.70. The number of benzene rings is 1. The first-order valence-electron chi connectivity index (χ1n) is 9.28. The third kappa shape index (κ3) is 4.25. The lowest BCUT2D eigenvalue weighted by Crippen LogP contribution is -2.22. The lowest BCUT2D eigenvalue weighted by Gasteiger charge is -2.21. The zero-order valence-corrected chi connectivity index (χ0v) is 15.9. The van der Waals surface area contributed by atoms with Crippen LogP contribution >= 0.6 is 11.6 Å². The maximum Gasteiger partial charge on any atom is 0.179 e. The quantitative estimate of drug-likeness (QED) is 0.772. The maximum atomic E-state index is 12.5. The number of rotatable bonds is 5. The molecule has 1 aromatic rings. The van der Waals surface area contributed by atoms with E-state index in [9.17, 15) is 8.42 Å². The fourth-order valence-electron chi connectivity index (χ4n) is 4.24. The Bertz CT molecular complexity index is 746. The van der Waals surface area contributed by atoms with Gasteiger partial charge in [0.05, 0.1) is 29.7 Å². The van der Waals surface area contributed by atoms with Crippen molar-refractivity contribution < 1.29 is 17.9 Å². The first-order valence-corrected chi connectivity index (χ1v) is 11.5. The van der Waals surface area contributed by atoms with Gasteiger partial charge in [-0.05, 0) is 67.6 Å². The molecule has 0 radical (unpaired) electrons. The van der Waals surface area contributed by atoms with Crippen molar-refractivity contribution in [3.8, 4) is 11.5 Å². The summed E-state index contributed by atoms with van der Waals surface area (Å²) in [6.07, 6.45) is 6.03. The van der Waals surface area contributed by atoms with Crippen LogP contribution in [0.4, 0.5) is 0 Å². The number of hydrogen-bond acceptors (Lipinski definition) is 4. The highest BCUT2D eigenvalue weighted by molar-refractivity contribution is 7.91. The topological polar surface area (TPSA) is 52.6 Å². The van der Waals surface area contributed by atoms with Gasteiger partial charge in [-0.1, -0.05) is 11.6 Å². The van der Waals surface area contributed by atoms with Crippen LogP contribution in [0.1, 0.15) is 37.7 Å². The summed E-state index contributed by atoms with van der Waals surface area (Å²) in [6.45, 7) is 1.18. The van der Waals surface area contributed by atoms with Gasteiger partial charge < -0.3 is 9.47 Å². The second kappa shape index (κ2) is 6.99. The van der Waals surface area contributed by atoms with Gasteiger partial charge in [0.1, 0.15) is 0 Å². The van der Waals surface area contributed by atoms with Crippen molar-refractivity contribution in [1.29, 1.82) is 0 Å². The van der Waals surface area contributed by atoms with Gasteiger partial charge in [-0.25, -0.2) is 8.42 Å². The van der Waals surface area contributed by atoms with Crippen molar-refractivity contribution in [2.75, 3.05) is 24.7 Å². The SMILES string of the molecule is O=S(=O)(CCc1cc(Cl)c2c(c1)OCCCO2)CC1CCC2CC2C1. The van der Waals surface area contributed by atoms with Crippen LogP contribution in [0.2, 0.25) is 5.02 Å². The lowest BCUT2D eigenvalue weighted by molar-refractivity contribution is 0.297. The van der Waals surface area contributed by atoms with Crippen LogP contribution < -0.4 is 9.47 Å². The van der Waals surface area contributed by atoms with Crippen LogP contribution in [-0.4, -0.2) is 33.1 Å². The van der Waals surface area contributed by atoms with E-state index in [4.69, 9.17) is 21.1 Å². The van der Waals surface area contributed by atoms with E-state index in [-0.39, 0.29) is 5.75 Å². The molecule has 0 amide bonds. The summed E-state index contributed by atoms with van der Waals surface area (Å²) >= 11 is 6.29. The van der Waals surface area contributed by atoms with Crippen LogP contribution in [0.25, 0.3) is 0 Å². The summed E-state index contributed by atoms with van der Waals surface area (Å²) in [7, 11) is -3.04. The summed E-state index contributed by atoms with van der Waals surface area (Å²) < 4.78 is 36.4. The van der Waals surface area contributed by atoms with Gasteiger partial charge in [0.2, 0.25) is 0 Å². The first-order chi connectivity index (χ1) is 12.0. The van der Waals surface area contributed by atoms with Crippen molar-refractivity contribution in [2.45, 2.75) is 38.5 Å². The molecule has 3 unspecified atom stereocenters. The molecule has 25 heavy (non-hydrogen) atoms. The van der Waals surface area contributed by atoms with Crippen molar-refractivity contribution in [3.05, 3.63) is 22.7 Å². The number of halogens is 1. The second-order valence-electron chi connectivity index (χ2n) is 7.75. The maximum absolute atomic E-state index is 12.5. The largest absolute Gasteiger partial charge is 0.489 e. The Morgan fingerprint density at radius 2 is 1.92 bits per heavy atom. The molecular formula is C19H25ClO4S. The molecule has 1 heterocycles. The number of sulfone groups is 1. The number of fused-ring (bicyclic) bond motifs is 2. The number of aryl methyl sites for hydroxylation is 1. The predicted molar refractivity (Wildman–Crippen MR) is 98.4 cm³/mol. The van der Waals surface area contributed by atoms with Gasteiger partial charge in [0.15, 0.2) is 21.3 Å². The van der Waals surface area contributed by atoms with Crippen molar-refractivity contribution in [3.63, 3.8) is 0 Å². The molecule has 2 fully saturated rings. The molecule has 4 nitrogen and oxygen atoms in total. The summed E-state index contributed by atoms with van der Waals surface area (Å²) in [4.78, 5) is 0. The molecule has 3 atom stereocenters. The van der Waals surface area contributed by atoms with Gasteiger partial charge in [0, 0.05) is 6.42 Å². The molecule has 0 N–H and O–H groups in total. The Labute approximate surface area is 154 Å². The number of ether oxygens (including phenoxy) is 2. The molecule has 2 aliphatic carbocycles. The third-order valence-corrected chi connectivity index (χ3v) is 7.79. The zero-order valence-electron chi connectivity index (χ0n) is 14.4. The Hall–Kier alpha value is -0.940. The molecular weight excluding hydrogens is 360 g/mol. The van der Waals surface area contributed by atoms with Gasteiger partial charge in [-0.3, -0.25) is 0 Å². The summed E-state index contributed by atoms with van der Waals surface area (Å²) in [5, 5.41) is 0.499. The smallest absolute Gasteiger partial charge is 0.179 e. The molecule has 2 saturated carbocycles. The van der Waals surface area contributed by atoms with Gasteiger partial charge in [-0.2, -0.15) is 0 Å². The van der Waals surface area contributed by atoms with E-state index >= 15 is 0 Å². The van der Waals surface area contributed by atoms with Crippen LogP contribution in [0, 0.1) is 17.8 Å². The van der Waals surface area contributed by atoms with Gasteiger partial charge >= 0.3 is 0 Å². The average Bonchev–Trinajstić information content (AvgIpc) is 3.35. The minimum Gasteiger partial charge on any atom is -0.489 e. The first kappa shape index (κ1) is 17.5. The minimum atomic E-state index is -3.04. The Balaban J connectivity index is 1.38. The average molecular weight is 385 g/mol. The van der Waals surface area contributed by atoms with Gasteiger partial charge in [-0.15, -0.1) is 0 Å². The molecule has 0 bridgehead atoms. The van der Waals surface area contributed by atoms with Crippen LogP contribution in [0.5, 0.6) is 11.5 Å². The van der Waals surface area contributed by atoms with Crippen LogP contribution in [0.3, 0.4) is 0 Å². The highest BCUT2D eigenvalue weighted by Gasteiger charge is 2.42. The molecule has 138 valence electrons. The summed E-state index contributed by atoms with van der Waals surface area (Å²) in [5.74, 6) is 3.80. The predicted octanol–water partition coefficient (Wildman–Crippen LogP) is 3.89. The summed E-state index contributed by atoms with van der Waals surface area (Å²) in [6, 6.07) is 3.68. The van der Waals surface area contributed by atoms with E-state index in [2.05, 4.69) is 0 Å². The Morgan fingerprint density at radius 1 is 1.08 bits per heavy atom. The van der Waals surface area contributed by atoms with E-state index in [0.29, 0.717) is 47.8 Å². The fraction of sp³-hybridized carbons (Fsp3) is 0.684. The number of hydrogen-bond donors (Lipinski definition) is 0. The Kier molecular flexibility index (Phi) is 4.89. The normalized spacial score (nSPS) is 28.1. The van der Waals surface area contributed by atoms with E-state index in [1.165, 1.54) is 12.8 Å². The van der Waals surface area contributed by atoms with E-state index in [1.807, 2.05) is 6.07 Å². The highest BCUT2D eigenvalue weighted by atomic mass is 35.5. The van der Waals surface area contributed by atoms with E-state index < -0.39 is 9.84 Å². The zero-order chi connectivity index (χ0) is 17.4. The second-order valence-corrected chi connectivity index (χ2v) is 10.4. The molecule has 1 aliphatic heterocycles. The molecule has 6 heteroatoms. The van der Waals surface area contributed by atoms with Crippen LogP contribution in [-0.2, 0) is 16.3 Å². The Morgan fingerprint density at radius 3 is 2.76 bits per heavy atom. The van der Waals surface area contributed by atoms with Crippen molar-refractivity contribution in [2.24, 2.45) is 17.8 Å². The fourth-order valence-corrected chi connectivity index (χ4v) is 6.27. The molecule has 1 aromatic carbocycles. The van der Waals surface area contributed by atoms with Crippen molar-refractivity contribution >= 4 is 21.4 Å². The van der Waals surface area contributed by atoms with Crippen LogP contribution in [0.15, 0.2) is 12.1 Å². The van der Waals surface area contributed by atoms with Crippen molar-refractivity contribution in [1.82, 2.24) is 0 Å². The van der Waals surface area contributed by atoms with E-state index in [0.717, 1.165) is 36.7 Å². The standard InChI is InChI=1S/C19H25ClO4S/c20-17-9-13(10-18-19(17)24-6-1-5-23-18)4-7-25(21,22)12-14-2-3-15-11-16(15)8-14/h9-10,14-16H,1-8,11-12H2. The minimum absolute atomic E-state index is 0.174. The molecule has 3 aliphatic rings. The molecule has 4 rings (SSSR count). The molecule has 0 spiro atoms.